The van der Waals surface area contributed by atoms with Crippen molar-refractivity contribution in [2.45, 2.75) is 32.4 Å². The zero-order valence-corrected chi connectivity index (χ0v) is 21.3. The van der Waals surface area contributed by atoms with Gasteiger partial charge < -0.3 is 0 Å². The van der Waals surface area contributed by atoms with Gasteiger partial charge in [0.05, 0.1) is 19.6 Å². The van der Waals surface area contributed by atoms with Crippen molar-refractivity contribution in [1.29, 1.82) is 0 Å². The molecule has 0 heterocycles. The fraction of sp³-hybridized carbons (Fsp3) is 0.0667. The SMILES string of the molecule is C=C(Cc1ccc(S(=O)(=O)c2ccccc2)cc1)C(=C)Cc1ccc(S(=O)(=O)c2ccccc2)cc1. The maximum absolute atomic E-state index is 12.8. The summed E-state index contributed by atoms with van der Waals surface area (Å²) in [6, 6.07) is 30.3. The zero-order chi connectivity index (χ0) is 25.8. The average molecular weight is 515 g/mol. The Labute approximate surface area is 213 Å². The number of sulfone groups is 2. The number of allylic oxidation sites excluding steroid dienone is 2. The van der Waals surface area contributed by atoms with Gasteiger partial charge in [0, 0.05) is 0 Å². The van der Waals surface area contributed by atoms with E-state index in [4.69, 9.17) is 0 Å². The minimum Gasteiger partial charge on any atom is -0.219 e. The number of hydrogen-bond acceptors (Lipinski definition) is 4. The third kappa shape index (κ3) is 5.56. The molecule has 0 radical (unpaired) electrons. The molecule has 0 aromatic heterocycles. The van der Waals surface area contributed by atoms with Crippen LogP contribution in [0.4, 0.5) is 0 Å². The van der Waals surface area contributed by atoms with E-state index in [1.807, 2.05) is 0 Å². The molecule has 6 heteroatoms. The summed E-state index contributed by atoms with van der Waals surface area (Å²) < 4.78 is 51.1. The molecular weight excluding hydrogens is 488 g/mol. The molecular formula is C30H26O4S2. The summed E-state index contributed by atoms with van der Waals surface area (Å²) in [7, 11) is -7.11. The third-order valence-electron chi connectivity index (χ3n) is 5.91. The van der Waals surface area contributed by atoms with Crippen LogP contribution in [0.5, 0.6) is 0 Å². The van der Waals surface area contributed by atoms with Crippen molar-refractivity contribution in [3.8, 4) is 0 Å². The van der Waals surface area contributed by atoms with Gasteiger partial charge in [-0.1, -0.05) is 73.8 Å². The Morgan fingerprint density at radius 3 is 1.03 bits per heavy atom. The first-order valence-electron chi connectivity index (χ1n) is 11.3. The number of hydrogen-bond donors (Lipinski definition) is 0. The Bertz CT molecular complexity index is 1460. The standard InChI is InChI=1S/C30H26O4S2/c1-23(21-25-13-17-29(18-14-25)35(31,32)27-9-5-3-6-10-27)24(2)22-26-15-19-30(20-16-26)36(33,34)28-11-7-4-8-12-28/h3-20H,1-2,21-22H2. The molecule has 0 atom stereocenters. The Morgan fingerprint density at radius 2 is 0.722 bits per heavy atom. The van der Waals surface area contributed by atoms with Gasteiger partial charge in [-0.15, -0.1) is 0 Å². The van der Waals surface area contributed by atoms with Crippen molar-refractivity contribution in [3.63, 3.8) is 0 Å². The van der Waals surface area contributed by atoms with Gasteiger partial charge in [-0.05, 0) is 83.6 Å². The summed E-state index contributed by atoms with van der Waals surface area (Å²) in [5.74, 6) is 0. The van der Waals surface area contributed by atoms with Gasteiger partial charge in [-0.3, -0.25) is 0 Å². The third-order valence-corrected chi connectivity index (χ3v) is 9.48. The highest BCUT2D eigenvalue weighted by Gasteiger charge is 2.18. The molecule has 0 unspecified atom stereocenters. The average Bonchev–Trinajstić information content (AvgIpc) is 2.90. The van der Waals surface area contributed by atoms with Crippen LogP contribution in [0.15, 0.2) is 153 Å². The highest BCUT2D eigenvalue weighted by molar-refractivity contribution is 7.91. The Kier molecular flexibility index (Phi) is 7.38. The fourth-order valence-electron chi connectivity index (χ4n) is 3.79. The van der Waals surface area contributed by atoms with Gasteiger partial charge in [0.1, 0.15) is 0 Å². The van der Waals surface area contributed by atoms with Crippen LogP contribution in [-0.2, 0) is 32.5 Å². The largest absolute Gasteiger partial charge is 0.219 e. The van der Waals surface area contributed by atoms with Gasteiger partial charge >= 0.3 is 0 Å². The van der Waals surface area contributed by atoms with E-state index in [2.05, 4.69) is 13.2 Å². The Balaban J connectivity index is 1.40. The molecule has 0 saturated carbocycles. The first kappa shape index (κ1) is 25.4. The fourth-order valence-corrected chi connectivity index (χ4v) is 6.35. The molecule has 0 saturated heterocycles. The lowest BCUT2D eigenvalue weighted by molar-refractivity contribution is 0.594. The van der Waals surface area contributed by atoms with Crippen LogP contribution < -0.4 is 0 Å². The van der Waals surface area contributed by atoms with Crippen molar-refractivity contribution in [2.75, 3.05) is 0 Å². The second kappa shape index (κ2) is 10.5. The highest BCUT2D eigenvalue weighted by atomic mass is 32.2. The molecule has 0 N–H and O–H groups in total. The van der Waals surface area contributed by atoms with Crippen molar-refractivity contribution in [1.82, 2.24) is 0 Å². The predicted molar refractivity (Wildman–Crippen MR) is 142 cm³/mol. The maximum Gasteiger partial charge on any atom is 0.206 e. The molecule has 0 fully saturated rings. The first-order chi connectivity index (χ1) is 17.2. The van der Waals surface area contributed by atoms with Gasteiger partial charge in [0.15, 0.2) is 0 Å². The minimum absolute atomic E-state index is 0.243. The van der Waals surface area contributed by atoms with Crippen LogP contribution in [0.1, 0.15) is 11.1 Å². The summed E-state index contributed by atoms with van der Waals surface area (Å²) in [4.78, 5) is 1.01. The first-order valence-corrected chi connectivity index (χ1v) is 14.3. The van der Waals surface area contributed by atoms with E-state index in [0.29, 0.717) is 12.8 Å². The molecule has 4 nitrogen and oxygen atoms in total. The summed E-state index contributed by atoms with van der Waals surface area (Å²) in [6.45, 7) is 8.30. The topological polar surface area (TPSA) is 68.3 Å². The van der Waals surface area contributed by atoms with E-state index >= 15 is 0 Å². The van der Waals surface area contributed by atoms with Gasteiger partial charge in [0.2, 0.25) is 19.7 Å². The van der Waals surface area contributed by atoms with E-state index in [-0.39, 0.29) is 19.6 Å². The van der Waals surface area contributed by atoms with E-state index in [1.165, 1.54) is 0 Å². The molecule has 0 spiro atoms. The molecule has 36 heavy (non-hydrogen) atoms. The monoisotopic (exact) mass is 514 g/mol. The van der Waals surface area contributed by atoms with Gasteiger partial charge in [-0.25, -0.2) is 16.8 Å². The van der Waals surface area contributed by atoms with Gasteiger partial charge in [0.25, 0.3) is 0 Å². The van der Waals surface area contributed by atoms with E-state index in [0.717, 1.165) is 22.3 Å². The summed E-state index contributed by atoms with van der Waals surface area (Å²) in [6.07, 6.45) is 1.07. The lowest BCUT2D eigenvalue weighted by atomic mass is 9.96. The summed E-state index contributed by atoms with van der Waals surface area (Å²) >= 11 is 0. The minimum atomic E-state index is -3.56. The van der Waals surface area contributed by atoms with E-state index in [9.17, 15) is 16.8 Å². The smallest absolute Gasteiger partial charge is 0.206 e. The summed E-state index contributed by atoms with van der Waals surface area (Å²) in [5.41, 5.74) is 3.51. The van der Waals surface area contributed by atoms with Crippen LogP contribution in [0.25, 0.3) is 0 Å². The van der Waals surface area contributed by atoms with Gasteiger partial charge in [-0.2, -0.15) is 0 Å². The molecule has 0 bridgehead atoms. The Hall–Kier alpha value is -3.74. The molecule has 4 aromatic rings. The molecule has 0 aliphatic rings. The Morgan fingerprint density at radius 1 is 0.444 bits per heavy atom. The van der Waals surface area contributed by atoms with Crippen LogP contribution in [0, 0.1) is 0 Å². The maximum atomic E-state index is 12.8. The van der Waals surface area contributed by atoms with Crippen molar-refractivity contribution in [2.24, 2.45) is 0 Å². The van der Waals surface area contributed by atoms with E-state index < -0.39 is 19.7 Å². The van der Waals surface area contributed by atoms with Crippen LogP contribution in [-0.4, -0.2) is 16.8 Å². The zero-order valence-electron chi connectivity index (χ0n) is 19.7. The number of benzene rings is 4. The lowest BCUT2D eigenvalue weighted by Gasteiger charge is -2.12. The lowest BCUT2D eigenvalue weighted by Crippen LogP contribution is -2.03. The highest BCUT2D eigenvalue weighted by Crippen LogP contribution is 2.25. The van der Waals surface area contributed by atoms with Crippen LogP contribution in [0.2, 0.25) is 0 Å². The van der Waals surface area contributed by atoms with Crippen LogP contribution >= 0.6 is 0 Å². The van der Waals surface area contributed by atoms with Crippen molar-refractivity contribution in [3.05, 3.63) is 145 Å². The van der Waals surface area contributed by atoms with Crippen molar-refractivity contribution < 1.29 is 16.8 Å². The normalized spacial score (nSPS) is 11.7. The molecule has 4 rings (SSSR count). The molecule has 4 aromatic carbocycles. The molecule has 0 aliphatic carbocycles. The second-order valence-electron chi connectivity index (χ2n) is 8.48. The molecule has 182 valence electrons. The molecule has 0 amide bonds. The second-order valence-corrected chi connectivity index (χ2v) is 12.4. The van der Waals surface area contributed by atoms with E-state index in [1.54, 1.807) is 109 Å². The predicted octanol–water partition coefficient (Wildman–Crippen LogP) is 6.25. The summed E-state index contributed by atoms with van der Waals surface area (Å²) in [5, 5.41) is 0. The molecule has 0 aliphatic heterocycles. The van der Waals surface area contributed by atoms with Crippen LogP contribution in [0.3, 0.4) is 0 Å². The van der Waals surface area contributed by atoms with Crippen molar-refractivity contribution >= 4 is 19.7 Å². The number of rotatable bonds is 9. The quantitative estimate of drug-likeness (QED) is 0.248.